The average Bonchev–Trinajstić information content (AvgIpc) is 2.37. The molecule has 0 heterocycles. The Morgan fingerprint density at radius 3 is 2.29 bits per heavy atom. The number of alkyl halides is 3. The second-order valence-corrected chi connectivity index (χ2v) is 5.86. The van der Waals surface area contributed by atoms with Crippen LogP contribution in [0.15, 0.2) is 0 Å². The summed E-state index contributed by atoms with van der Waals surface area (Å²) in [4.78, 5) is 22.5. The summed E-state index contributed by atoms with van der Waals surface area (Å²) in [6, 6.07) is -1.91. The minimum absolute atomic E-state index is 0.0608. The summed E-state index contributed by atoms with van der Waals surface area (Å²) in [5.74, 6) is -1.82. The molecule has 0 aromatic rings. The third kappa shape index (κ3) is 6.82. The maximum Gasteiger partial charge on any atom is 0.391 e. The first-order valence-corrected chi connectivity index (χ1v) is 7.28. The Labute approximate surface area is 122 Å². The van der Waals surface area contributed by atoms with E-state index in [2.05, 4.69) is 0 Å². The fourth-order valence-electron chi connectivity index (χ4n) is 2.85. The van der Waals surface area contributed by atoms with Crippen LogP contribution in [0.5, 0.6) is 0 Å². The van der Waals surface area contributed by atoms with Gasteiger partial charge in [-0.1, -0.05) is 39.0 Å². The smallest absolute Gasteiger partial charge is 0.391 e. The van der Waals surface area contributed by atoms with E-state index < -0.39 is 30.5 Å². The minimum Gasteiger partial charge on any atom is -0.480 e. The van der Waals surface area contributed by atoms with E-state index in [1.54, 1.807) is 0 Å². The molecule has 0 bridgehead atoms. The number of carboxylic acid groups (broad SMARTS) is 1. The lowest BCUT2D eigenvalue weighted by atomic mass is 9.79. The van der Waals surface area contributed by atoms with Crippen molar-refractivity contribution in [1.29, 1.82) is 0 Å². The van der Waals surface area contributed by atoms with E-state index in [1.165, 1.54) is 6.42 Å². The molecular weight excluding hydrogens is 287 g/mol. The van der Waals surface area contributed by atoms with Crippen LogP contribution in [-0.4, -0.2) is 29.2 Å². The van der Waals surface area contributed by atoms with Crippen LogP contribution >= 0.6 is 0 Å². The van der Waals surface area contributed by atoms with Crippen molar-refractivity contribution in [3.8, 4) is 0 Å². The standard InChI is InChI=1S/C14H22F3NO3/c1-9(10-5-3-2-4-6-10)7-12(19)18-11(13(20)21)8-14(15,16)17/h9-11H,2-8H2,1H3,(H,18,19)(H,20,21). The van der Waals surface area contributed by atoms with Gasteiger partial charge in [0, 0.05) is 6.42 Å². The number of rotatable bonds is 6. The molecule has 1 fully saturated rings. The van der Waals surface area contributed by atoms with Crippen molar-refractivity contribution in [3.05, 3.63) is 0 Å². The zero-order valence-corrected chi connectivity index (χ0v) is 12.1. The zero-order valence-electron chi connectivity index (χ0n) is 12.1. The van der Waals surface area contributed by atoms with Gasteiger partial charge in [-0.3, -0.25) is 4.79 Å². The molecule has 21 heavy (non-hydrogen) atoms. The third-order valence-corrected chi connectivity index (χ3v) is 4.03. The highest BCUT2D eigenvalue weighted by Crippen LogP contribution is 2.31. The molecule has 0 aromatic heterocycles. The quantitative estimate of drug-likeness (QED) is 0.792. The Bertz CT molecular complexity index is 365. The van der Waals surface area contributed by atoms with E-state index in [0.717, 1.165) is 25.7 Å². The monoisotopic (exact) mass is 309 g/mol. The van der Waals surface area contributed by atoms with Crippen molar-refractivity contribution in [2.45, 2.75) is 64.1 Å². The number of carbonyl (C=O) groups excluding carboxylic acids is 1. The molecule has 7 heteroatoms. The maximum atomic E-state index is 12.3. The molecule has 2 atom stereocenters. The van der Waals surface area contributed by atoms with E-state index in [0.29, 0.717) is 5.92 Å². The van der Waals surface area contributed by atoms with E-state index in [1.807, 2.05) is 12.2 Å². The topological polar surface area (TPSA) is 66.4 Å². The molecule has 0 aromatic carbocycles. The number of aliphatic carboxylic acids is 1. The highest BCUT2D eigenvalue weighted by Gasteiger charge is 2.36. The molecule has 1 amide bonds. The number of halogens is 3. The van der Waals surface area contributed by atoms with Gasteiger partial charge in [0.25, 0.3) is 0 Å². The van der Waals surface area contributed by atoms with Crippen LogP contribution in [0.1, 0.15) is 51.9 Å². The molecule has 1 saturated carbocycles. The van der Waals surface area contributed by atoms with Crippen molar-refractivity contribution in [2.24, 2.45) is 11.8 Å². The molecule has 0 radical (unpaired) electrons. The molecule has 4 nitrogen and oxygen atoms in total. The van der Waals surface area contributed by atoms with E-state index >= 15 is 0 Å². The van der Waals surface area contributed by atoms with Crippen molar-refractivity contribution in [3.63, 3.8) is 0 Å². The first-order chi connectivity index (χ1) is 9.69. The van der Waals surface area contributed by atoms with Gasteiger partial charge in [0.15, 0.2) is 0 Å². The van der Waals surface area contributed by atoms with Gasteiger partial charge in [0.05, 0.1) is 6.42 Å². The molecule has 1 aliphatic rings. The second-order valence-electron chi connectivity index (χ2n) is 5.86. The lowest BCUT2D eigenvalue weighted by Crippen LogP contribution is -2.44. The van der Waals surface area contributed by atoms with Gasteiger partial charge in [-0.2, -0.15) is 13.2 Å². The van der Waals surface area contributed by atoms with Gasteiger partial charge in [-0.05, 0) is 11.8 Å². The summed E-state index contributed by atoms with van der Waals surface area (Å²) in [5.41, 5.74) is 0. The number of hydrogen-bond donors (Lipinski definition) is 2. The SMILES string of the molecule is CC(CC(=O)NC(CC(F)(F)F)C(=O)O)C1CCCCC1. The average molecular weight is 309 g/mol. The molecule has 0 saturated heterocycles. The Morgan fingerprint density at radius 2 is 1.81 bits per heavy atom. The Hall–Kier alpha value is -1.27. The van der Waals surface area contributed by atoms with Crippen LogP contribution < -0.4 is 5.32 Å². The van der Waals surface area contributed by atoms with Gasteiger partial charge >= 0.3 is 12.1 Å². The summed E-state index contributed by atoms with van der Waals surface area (Å²) in [5, 5.41) is 10.7. The molecule has 0 spiro atoms. The second kappa shape index (κ2) is 7.66. The molecule has 2 N–H and O–H groups in total. The number of amides is 1. The summed E-state index contributed by atoms with van der Waals surface area (Å²) < 4.78 is 36.8. The number of carbonyl (C=O) groups is 2. The predicted octanol–water partition coefficient (Wildman–Crippen LogP) is 3.11. The van der Waals surface area contributed by atoms with E-state index in [4.69, 9.17) is 5.11 Å². The highest BCUT2D eigenvalue weighted by molar-refractivity contribution is 5.83. The summed E-state index contributed by atoms with van der Waals surface area (Å²) >= 11 is 0. The number of carboxylic acids is 1. The largest absolute Gasteiger partial charge is 0.480 e. The Balaban J connectivity index is 2.47. The lowest BCUT2D eigenvalue weighted by molar-refractivity contribution is -0.160. The Kier molecular flexibility index (Phi) is 6.48. The number of hydrogen-bond acceptors (Lipinski definition) is 2. The fraction of sp³-hybridized carbons (Fsp3) is 0.857. The van der Waals surface area contributed by atoms with Gasteiger partial charge in [-0.25, -0.2) is 4.79 Å². The molecular formula is C14H22F3NO3. The van der Waals surface area contributed by atoms with Gasteiger partial charge in [0.1, 0.15) is 6.04 Å². The first kappa shape index (κ1) is 17.8. The van der Waals surface area contributed by atoms with Crippen molar-refractivity contribution >= 4 is 11.9 Å². The zero-order chi connectivity index (χ0) is 16.0. The predicted molar refractivity (Wildman–Crippen MR) is 70.6 cm³/mol. The van der Waals surface area contributed by atoms with Gasteiger partial charge < -0.3 is 10.4 Å². The Morgan fingerprint density at radius 1 is 1.24 bits per heavy atom. The molecule has 2 unspecified atom stereocenters. The first-order valence-electron chi connectivity index (χ1n) is 7.28. The van der Waals surface area contributed by atoms with Crippen molar-refractivity contribution in [1.82, 2.24) is 5.32 Å². The third-order valence-electron chi connectivity index (χ3n) is 4.03. The van der Waals surface area contributed by atoms with Crippen LogP contribution in [0.2, 0.25) is 0 Å². The molecule has 122 valence electrons. The normalized spacial score (nSPS) is 19.8. The van der Waals surface area contributed by atoms with Crippen LogP contribution in [0, 0.1) is 11.8 Å². The summed E-state index contributed by atoms with van der Waals surface area (Å²) in [6.07, 6.45) is -0.630. The van der Waals surface area contributed by atoms with E-state index in [-0.39, 0.29) is 12.3 Å². The maximum absolute atomic E-state index is 12.3. The summed E-state index contributed by atoms with van der Waals surface area (Å²) in [6.45, 7) is 1.90. The summed E-state index contributed by atoms with van der Waals surface area (Å²) in [7, 11) is 0. The van der Waals surface area contributed by atoms with Crippen molar-refractivity contribution < 1.29 is 27.9 Å². The lowest BCUT2D eigenvalue weighted by Gasteiger charge is -2.27. The molecule has 1 aliphatic carbocycles. The van der Waals surface area contributed by atoms with Gasteiger partial charge in [-0.15, -0.1) is 0 Å². The molecule has 1 rings (SSSR count). The van der Waals surface area contributed by atoms with Gasteiger partial charge in [0.2, 0.25) is 5.91 Å². The van der Waals surface area contributed by atoms with Crippen LogP contribution in [0.3, 0.4) is 0 Å². The molecule has 0 aliphatic heterocycles. The van der Waals surface area contributed by atoms with E-state index in [9.17, 15) is 22.8 Å². The van der Waals surface area contributed by atoms with Crippen LogP contribution in [0.4, 0.5) is 13.2 Å². The minimum atomic E-state index is -4.62. The fourth-order valence-corrected chi connectivity index (χ4v) is 2.85. The van der Waals surface area contributed by atoms with Crippen LogP contribution in [0.25, 0.3) is 0 Å². The van der Waals surface area contributed by atoms with Crippen LogP contribution in [-0.2, 0) is 9.59 Å². The van der Waals surface area contributed by atoms with Crippen molar-refractivity contribution in [2.75, 3.05) is 0 Å². The number of nitrogens with one attached hydrogen (secondary N) is 1. The highest BCUT2D eigenvalue weighted by atomic mass is 19.4.